The lowest BCUT2D eigenvalue weighted by Crippen LogP contribution is -2.36. The SMILES string of the molecule is CN1Sc2cc(OCC3(C(=O)O)CC3)c(SC3CC4(CC4)C3)cc2N(c2ccccc2)CC1CCC(C)(F)F. The van der Waals surface area contributed by atoms with E-state index in [-0.39, 0.29) is 19.1 Å². The molecular formula is C30H36F2N2O3S2. The van der Waals surface area contributed by atoms with E-state index in [0.717, 1.165) is 33.8 Å². The molecule has 3 fully saturated rings. The van der Waals surface area contributed by atoms with Gasteiger partial charge in [0.15, 0.2) is 0 Å². The number of fused-ring (bicyclic) bond motifs is 1. The molecule has 4 aliphatic rings. The number of halogens is 2. The van der Waals surface area contributed by atoms with Gasteiger partial charge in [-0.1, -0.05) is 18.2 Å². The highest BCUT2D eigenvalue weighted by molar-refractivity contribution is 8.00. The molecule has 210 valence electrons. The van der Waals surface area contributed by atoms with Crippen LogP contribution in [0.2, 0.25) is 0 Å². The number of ether oxygens (including phenoxy) is 1. The van der Waals surface area contributed by atoms with E-state index in [0.29, 0.717) is 36.5 Å². The van der Waals surface area contributed by atoms with Gasteiger partial charge in [-0.3, -0.25) is 4.79 Å². The maximum Gasteiger partial charge on any atom is 0.313 e. The van der Waals surface area contributed by atoms with Crippen LogP contribution in [-0.2, 0) is 4.79 Å². The minimum Gasteiger partial charge on any atom is -0.491 e. The molecule has 3 aliphatic carbocycles. The molecule has 0 bridgehead atoms. The number of hydrogen-bond acceptors (Lipinski definition) is 6. The molecule has 1 spiro atoms. The normalized spacial score (nSPS) is 23.6. The molecule has 2 aromatic rings. The number of rotatable bonds is 10. The highest BCUT2D eigenvalue weighted by atomic mass is 32.2. The first kappa shape index (κ1) is 27.2. The number of aliphatic carboxylic acids is 1. The van der Waals surface area contributed by atoms with E-state index < -0.39 is 17.3 Å². The highest BCUT2D eigenvalue weighted by Gasteiger charge is 2.53. The average Bonchev–Trinajstić information content (AvgIpc) is 3.78. The summed E-state index contributed by atoms with van der Waals surface area (Å²) in [7, 11) is 1.97. The quantitative estimate of drug-likeness (QED) is 0.290. The number of carboxylic acids is 1. The Balaban J connectivity index is 1.34. The standard InChI is InChI=1S/C30H36F2N2O3S2/c1-28(31,32)9-8-21-18-34(20-6-4-3-5-7-20)23-14-26(38-22-16-29(17-22)10-11-29)24(15-25(23)39-33(21)2)37-19-30(12-13-30)27(35)36/h3-7,14-15,21-22H,8-13,16-19H2,1-2H3,(H,35,36). The van der Waals surface area contributed by atoms with E-state index in [1.807, 2.05) is 37.0 Å². The smallest absolute Gasteiger partial charge is 0.313 e. The Morgan fingerprint density at radius 3 is 2.51 bits per heavy atom. The van der Waals surface area contributed by atoms with Gasteiger partial charge in [0.25, 0.3) is 0 Å². The van der Waals surface area contributed by atoms with Crippen LogP contribution in [0.15, 0.2) is 52.3 Å². The summed E-state index contributed by atoms with van der Waals surface area (Å²) in [6, 6.07) is 14.3. The van der Waals surface area contributed by atoms with Gasteiger partial charge in [-0.15, -0.1) is 11.8 Å². The monoisotopic (exact) mass is 574 g/mol. The van der Waals surface area contributed by atoms with E-state index >= 15 is 0 Å². The molecule has 2 aromatic carbocycles. The molecule has 1 atom stereocenters. The second kappa shape index (κ2) is 10.1. The van der Waals surface area contributed by atoms with Crippen LogP contribution in [0.3, 0.4) is 0 Å². The Kier molecular flexibility index (Phi) is 7.08. The summed E-state index contributed by atoms with van der Waals surface area (Å²) in [5.74, 6) is -2.77. The van der Waals surface area contributed by atoms with E-state index in [1.54, 1.807) is 11.9 Å². The van der Waals surface area contributed by atoms with Gasteiger partial charge in [0.05, 0.1) is 15.5 Å². The van der Waals surface area contributed by atoms with Crippen molar-refractivity contribution in [2.24, 2.45) is 10.8 Å². The molecule has 5 nitrogen and oxygen atoms in total. The third-order valence-electron chi connectivity index (χ3n) is 8.83. The van der Waals surface area contributed by atoms with Crippen molar-refractivity contribution in [1.29, 1.82) is 0 Å². The lowest BCUT2D eigenvalue weighted by Gasteiger charge is -2.36. The maximum absolute atomic E-state index is 13.9. The van der Waals surface area contributed by atoms with E-state index in [9.17, 15) is 18.7 Å². The number of benzene rings is 2. The maximum atomic E-state index is 13.9. The number of carbonyl (C=O) groups is 1. The van der Waals surface area contributed by atoms with Crippen molar-refractivity contribution in [2.75, 3.05) is 25.1 Å². The second-order valence-electron chi connectivity index (χ2n) is 12.1. The van der Waals surface area contributed by atoms with Crippen LogP contribution in [0, 0.1) is 10.8 Å². The van der Waals surface area contributed by atoms with Crippen molar-refractivity contribution >= 4 is 41.1 Å². The molecule has 9 heteroatoms. The molecule has 1 unspecified atom stereocenters. The third kappa shape index (κ3) is 5.91. The Bertz CT molecular complexity index is 1220. The molecule has 0 radical (unpaired) electrons. The van der Waals surface area contributed by atoms with Crippen LogP contribution >= 0.6 is 23.7 Å². The lowest BCUT2D eigenvalue weighted by molar-refractivity contribution is -0.144. The first-order valence-corrected chi connectivity index (χ1v) is 15.5. The molecule has 1 aliphatic heterocycles. The third-order valence-corrected chi connectivity index (χ3v) is 11.2. The van der Waals surface area contributed by atoms with E-state index in [2.05, 4.69) is 33.5 Å². The highest BCUT2D eigenvalue weighted by Crippen LogP contribution is 2.65. The zero-order chi connectivity index (χ0) is 27.4. The predicted octanol–water partition coefficient (Wildman–Crippen LogP) is 7.86. The minimum absolute atomic E-state index is 0.0861. The minimum atomic E-state index is -2.71. The van der Waals surface area contributed by atoms with Crippen molar-refractivity contribution in [3.63, 3.8) is 0 Å². The second-order valence-corrected chi connectivity index (χ2v) is 14.7. The van der Waals surface area contributed by atoms with Crippen molar-refractivity contribution in [3.05, 3.63) is 42.5 Å². The van der Waals surface area contributed by atoms with Gasteiger partial charge >= 0.3 is 5.97 Å². The van der Waals surface area contributed by atoms with Crippen LogP contribution in [0.1, 0.15) is 58.3 Å². The fourth-order valence-corrected chi connectivity index (χ4v) is 8.46. The van der Waals surface area contributed by atoms with Crippen LogP contribution in [0.25, 0.3) is 0 Å². The summed E-state index contributed by atoms with van der Waals surface area (Å²) in [5, 5.41) is 10.2. The Morgan fingerprint density at radius 2 is 1.90 bits per heavy atom. The van der Waals surface area contributed by atoms with Gasteiger partial charge in [-0.2, -0.15) is 0 Å². The van der Waals surface area contributed by atoms with Gasteiger partial charge in [0.1, 0.15) is 17.8 Å². The van der Waals surface area contributed by atoms with Gasteiger partial charge in [0, 0.05) is 29.9 Å². The zero-order valence-corrected chi connectivity index (χ0v) is 24.1. The Labute approximate surface area is 237 Å². The summed E-state index contributed by atoms with van der Waals surface area (Å²) in [6.07, 6.45) is 6.61. The topological polar surface area (TPSA) is 53.0 Å². The fourth-order valence-electron chi connectivity index (χ4n) is 5.76. The number of nitrogens with zero attached hydrogens (tertiary/aromatic N) is 2. The number of anilines is 2. The number of para-hydroxylation sites is 1. The van der Waals surface area contributed by atoms with E-state index in [4.69, 9.17) is 4.74 Å². The number of alkyl halides is 2. The van der Waals surface area contributed by atoms with Gasteiger partial charge in [0.2, 0.25) is 5.92 Å². The van der Waals surface area contributed by atoms with Gasteiger partial charge in [-0.25, -0.2) is 13.1 Å². The predicted molar refractivity (Wildman–Crippen MR) is 152 cm³/mol. The van der Waals surface area contributed by atoms with Crippen LogP contribution in [0.5, 0.6) is 5.75 Å². The van der Waals surface area contributed by atoms with Crippen molar-refractivity contribution in [2.45, 2.75) is 85.3 Å². The van der Waals surface area contributed by atoms with Crippen LogP contribution in [-0.4, -0.2) is 52.8 Å². The number of thioether (sulfide) groups is 1. The number of hydrogen-bond donors (Lipinski definition) is 1. The summed E-state index contributed by atoms with van der Waals surface area (Å²) in [4.78, 5) is 16.1. The average molecular weight is 575 g/mol. The summed E-state index contributed by atoms with van der Waals surface area (Å²) in [5.41, 5.74) is 1.86. The summed E-state index contributed by atoms with van der Waals surface area (Å²) < 4.78 is 36.1. The molecule has 3 saturated carbocycles. The van der Waals surface area contributed by atoms with E-state index in [1.165, 1.54) is 25.7 Å². The molecule has 0 amide bonds. The number of likely N-dealkylation sites (N-methyl/N-ethyl adjacent to an activating group) is 1. The van der Waals surface area contributed by atoms with Crippen molar-refractivity contribution in [3.8, 4) is 5.75 Å². The fraction of sp³-hybridized carbons (Fsp3) is 0.567. The largest absolute Gasteiger partial charge is 0.491 e. The lowest BCUT2D eigenvalue weighted by atomic mass is 9.81. The van der Waals surface area contributed by atoms with Crippen LogP contribution < -0.4 is 9.64 Å². The zero-order valence-electron chi connectivity index (χ0n) is 22.5. The molecule has 6 rings (SSSR count). The van der Waals surface area contributed by atoms with Gasteiger partial charge < -0.3 is 14.7 Å². The van der Waals surface area contributed by atoms with Crippen LogP contribution in [0.4, 0.5) is 20.2 Å². The molecule has 0 saturated heterocycles. The van der Waals surface area contributed by atoms with Gasteiger partial charge in [-0.05, 0) is 101 Å². The Hall–Kier alpha value is -1.97. The van der Waals surface area contributed by atoms with Crippen molar-refractivity contribution < 1.29 is 23.4 Å². The molecule has 1 heterocycles. The van der Waals surface area contributed by atoms with Crippen molar-refractivity contribution in [1.82, 2.24) is 4.31 Å². The molecular weight excluding hydrogens is 538 g/mol. The molecule has 1 N–H and O–H groups in total. The first-order chi connectivity index (χ1) is 18.5. The summed E-state index contributed by atoms with van der Waals surface area (Å²) in [6.45, 7) is 1.75. The molecule has 39 heavy (non-hydrogen) atoms. The summed E-state index contributed by atoms with van der Waals surface area (Å²) >= 11 is 3.41. The number of carboxylic acid groups (broad SMARTS) is 1. The molecule has 0 aromatic heterocycles. The Morgan fingerprint density at radius 1 is 1.18 bits per heavy atom. The first-order valence-electron chi connectivity index (χ1n) is 13.9.